The molecule has 1 amide bonds. The van der Waals surface area contributed by atoms with Gasteiger partial charge in [0.05, 0.1) is 27.8 Å². The second kappa shape index (κ2) is 9.64. The summed E-state index contributed by atoms with van der Waals surface area (Å²) in [5.74, 6) is 4.50. The highest BCUT2D eigenvalue weighted by Crippen LogP contribution is 2.33. The van der Waals surface area contributed by atoms with Gasteiger partial charge in [0.1, 0.15) is 4.88 Å². The lowest BCUT2D eigenvalue weighted by Gasteiger charge is -2.22. The molecule has 8 heteroatoms. The summed E-state index contributed by atoms with van der Waals surface area (Å²) in [6.45, 7) is 6.25. The van der Waals surface area contributed by atoms with Gasteiger partial charge >= 0.3 is 5.97 Å². The number of halogens is 2. The summed E-state index contributed by atoms with van der Waals surface area (Å²) in [7, 11) is 1.50. The maximum Gasteiger partial charge on any atom is 0.348 e. The van der Waals surface area contributed by atoms with Gasteiger partial charge in [-0.25, -0.2) is 4.79 Å². The first-order chi connectivity index (χ1) is 13.5. The zero-order valence-electron chi connectivity index (χ0n) is 16.5. The number of rotatable bonds is 6. The second-order valence-electron chi connectivity index (χ2n) is 7.20. The number of amides is 1. The van der Waals surface area contributed by atoms with E-state index in [1.807, 2.05) is 20.8 Å². The first kappa shape index (κ1) is 23.2. The quantitative estimate of drug-likeness (QED) is 0.590. The third kappa shape index (κ3) is 6.22. The number of anilines is 1. The summed E-state index contributed by atoms with van der Waals surface area (Å²) in [5.41, 5.74) is 0.237. The van der Waals surface area contributed by atoms with E-state index in [0.29, 0.717) is 9.90 Å². The van der Waals surface area contributed by atoms with Crippen LogP contribution in [0.5, 0.6) is 0 Å². The largest absolute Gasteiger partial charge is 0.477 e. The smallest absolute Gasteiger partial charge is 0.348 e. The molecule has 0 radical (unpaired) electrons. The molecule has 0 aliphatic rings. The molecule has 0 bridgehead atoms. The Morgan fingerprint density at radius 1 is 1.24 bits per heavy atom. The van der Waals surface area contributed by atoms with Crippen LogP contribution in [0.1, 0.15) is 45.7 Å². The normalized spacial score (nSPS) is 11.0. The first-order valence-corrected chi connectivity index (χ1v) is 10.3. The number of hydrogen-bond donors (Lipinski definition) is 1. The van der Waals surface area contributed by atoms with Gasteiger partial charge in [-0.3, -0.25) is 4.79 Å². The molecule has 5 nitrogen and oxygen atoms in total. The standard InChI is InChI=1S/C21H21Cl2NO4S/c1-21(2,3)8-7-14-12-17(18(29-14)20(26)27)24(9-10-28-4)19(25)15-6-5-13(22)11-16(15)23/h5-6,11-12H,9-10H2,1-4H3,(H,26,27). The molecule has 0 atom stereocenters. The van der Waals surface area contributed by atoms with E-state index in [1.165, 1.54) is 24.1 Å². The molecule has 1 heterocycles. The fourth-order valence-electron chi connectivity index (χ4n) is 2.37. The number of benzene rings is 1. The van der Waals surface area contributed by atoms with E-state index < -0.39 is 11.9 Å². The van der Waals surface area contributed by atoms with Crippen LogP contribution in [0.15, 0.2) is 24.3 Å². The maximum absolute atomic E-state index is 13.2. The lowest BCUT2D eigenvalue weighted by molar-refractivity contribution is 0.0703. The highest BCUT2D eigenvalue weighted by Gasteiger charge is 2.27. The zero-order valence-corrected chi connectivity index (χ0v) is 18.8. The molecule has 0 aliphatic carbocycles. The van der Waals surface area contributed by atoms with Gasteiger partial charge in [-0.15, -0.1) is 11.3 Å². The molecular weight excluding hydrogens is 433 g/mol. The van der Waals surface area contributed by atoms with Crippen molar-refractivity contribution in [3.05, 3.63) is 49.6 Å². The minimum Gasteiger partial charge on any atom is -0.477 e. The minimum absolute atomic E-state index is 0.0257. The summed E-state index contributed by atoms with van der Waals surface area (Å²) in [6, 6.07) is 6.15. The van der Waals surface area contributed by atoms with Crippen LogP contribution in [0, 0.1) is 17.3 Å². The molecule has 0 saturated carbocycles. The van der Waals surface area contributed by atoms with Gasteiger partial charge in [0.25, 0.3) is 5.91 Å². The van der Waals surface area contributed by atoms with Gasteiger partial charge < -0.3 is 14.7 Å². The number of carboxylic acids is 1. The van der Waals surface area contributed by atoms with Crippen molar-refractivity contribution < 1.29 is 19.4 Å². The van der Waals surface area contributed by atoms with Crippen LogP contribution in [-0.2, 0) is 4.74 Å². The Kier molecular flexibility index (Phi) is 7.73. The molecule has 2 aromatic rings. The molecule has 0 saturated heterocycles. The molecule has 1 N–H and O–H groups in total. The number of carbonyl (C=O) groups is 2. The summed E-state index contributed by atoms with van der Waals surface area (Å²) < 4.78 is 5.11. The molecular formula is C21H21Cl2NO4S. The minimum atomic E-state index is -1.13. The monoisotopic (exact) mass is 453 g/mol. The maximum atomic E-state index is 13.2. The molecule has 1 aromatic heterocycles. The average molecular weight is 454 g/mol. The summed E-state index contributed by atoms with van der Waals surface area (Å²) in [6.07, 6.45) is 0. The van der Waals surface area contributed by atoms with Crippen molar-refractivity contribution in [2.75, 3.05) is 25.2 Å². The topological polar surface area (TPSA) is 66.8 Å². The number of nitrogens with zero attached hydrogens (tertiary/aromatic N) is 1. The van der Waals surface area contributed by atoms with E-state index in [9.17, 15) is 14.7 Å². The summed E-state index contributed by atoms with van der Waals surface area (Å²) in [4.78, 5) is 27.0. The van der Waals surface area contributed by atoms with E-state index in [1.54, 1.807) is 12.1 Å². The number of hydrogen-bond acceptors (Lipinski definition) is 4. The predicted molar refractivity (Wildman–Crippen MR) is 118 cm³/mol. The second-order valence-corrected chi connectivity index (χ2v) is 9.10. The highest BCUT2D eigenvalue weighted by atomic mass is 35.5. The van der Waals surface area contributed by atoms with Crippen LogP contribution in [0.4, 0.5) is 5.69 Å². The van der Waals surface area contributed by atoms with Crippen molar-refractivity contribution >= 4 is 52.1 Å². The molecule has 2 rings (SSSR count). The van der Waals surface area contributed by atoms with Gasteiger partial charge in [-0.05, 0) is 45.0 Å². The Morgan fingerprint density at radius 3 is 2.48 bits per heavy atom. The van der Waals surface area contributed by atoms with E-state index >= 15 is 0 Å². The van der Waals surface area contributed by atoms with Gasteiger partial charge in [0.15, 0.2) is 0 Å². The third-order valence-electron chi connectivity index (χ3n) is 3.68. The van der Waals surface area contributed by atoms with Crippen LogP contribution in [-0.4, -0.2) is 37.2 Å². The fourth-order valence-corrected chi connectivity index (χ4v) is 3.71. The van der Waals surface area contributed by atoms with Crippen LogP contribution >= 0.6 is 34.5 Å². The Balaban J connectivity index is 2.55. The number of carboxylic acid groups (broad SMARTS) is 1. The molecule has 0 fully saturated rings. The average Bonchev–Trinajstić information content (AvgIpc) is 3.04. The summed E-state index contributed by atoms with van der Waals surface area (Å²) in [5, 5.41) is 10.3. The van der Waals surface area contributed by atoms with Crippen molar-refractivity contribution in [1.29, 1.82) is 0 Å². The highest BCUT2D eigenvalue weighted by molar-refractivity contribution is 7.15. The lowest BCUT2D eigenvalue weighted by atomic mass is 9.98. The Morgan fingerprint density at radius 2 is 1.93 bits per heavy atom. The van der Waals surface area contributed by atoms with Gasteiger partial charge in [0.2, 0.25) is 0 Å². The number of methoxy groups -OCH3 is 1. The van der Waals surface area contributed by atoms with Gasteiger partial charge in [-0.2, -0.15) is 0 Å². The molecule has 1 aromatic carbocycles. The van der Waals surface area contributed by atoms with Crippen molar-refractivity contribution in [3.63, 3.8) is 0 Å². The predicted octanol–water partition coefficient (Wildman–Crippen LogP) is 5.44. The molecule has 154 valence electrons. The zero-order chi connectivity index (χ0) is 21.8. The lowest BCUT2D eigenvalue weighted by Crippen LogP contribution is -2.34. The van der Waals surface area contributed by atoms with E-state index in [2.05, 4.69) is 11.8 Å². The Labute approximate surface area is 184 Å². The van der Waals surface area contributed by atoms with Gasteiger partial charge in [-0.1, -0.05) is 35.0 Å². The van der Waals surface area contributed by atoms with Crippen molar-refractivity contribution in [2.24, 2.45) is 5.41 Å². The molecule has 0 aliphatic heterocycles. The number of carbonyl (C=O) groups excluding carboxylic acids is 1. The SMILES string of the molecule is COCCN(C(=O)c1ccc(Cl)cc1Cl)c1cc(C#CC(C)(C)C)sc1C(=O)O. The van der Waals surface area contributed by atoms with Crippen molar-refractivity contribution in [1.82, 2.24) is 0 Å². The number of thiophene rings is 1. The Hall–Kier alpha value is -2.04. The van der Waals surface area contributed by atoms with Gasteiger partial charge in [0, 0.05) is 24.1 Å². The van der Waals surface area contributed by atoms with E-state index in [-0.39, 0.29) is 39.7 Å². The first-order valence-electron chi connectivity index (χ1n) is 8.69. The number of ether oxygens (including phenoxy) is 1. The van der Waals surface area contributed by atoms with Crippen LogP contribution in [0.2, 0.25) is 10.0 Å². The third-order valence-corrected chi connectivity index (χ3v) is 5.26. The van der Waals surface area contributed by atoms with E-state index in [0.717, 1.165) is 11.3 Å². The van der Waals surface area contributed by atoms with Crippen LogP contribution in [0.25, 0.3) is 0 Å². The number of aromatic carboxylic acids is 1. The van der Waals surface area contributed by atoms with Crippen molar-refractivity contribution in [3.8, 4) is 11.8 Å². The Bertz CT molecular complexity index is 983. The fraction of sp³-hybridized carbons (Fsp3) is 0.333. The molecule has 29 heavy (non-hydrogen) atoms. The molecule has 0 unspecified atom stereocenters. The van der Waals surface area contributed by atoms with E-state index in [4.69, 9.17) is 27.9 Å². The van der Waals surface area contributed by atoms with Crippen LogP contribution < -0.4 is 4.90 Å². The summed E-state index contributed by atoms with van der Waals surface area (Å²) >= 11 is 13.1. The van der Waals surface area contributed by atoms with Crippen molar-refractivity contribution in [2.45, 2.75) is 20.8 Å². The molecule has 0 spiro atoms. The van der Waals surface area contributed by atoms with Crippen LogP contribution in [0.3, 0.4) is 0 Å².